The Kier molecular flexibility index (Phi) is 8.50. The molecule has 1 saturated heterocycles. The van der Waals surface area contributed by atoms with E-state index in [-0.39, 0.29) is 23.8 Å². The Balaban J connectivity index is 1.71. The molecule has 6 heteroatoms. The highest BCUT2D eigenvalue weighted by molar-refractivity contribution is 5.79. The van der Waals surface area contributed by atoms with E-state index >= 15 is 0 Å². The number of likely N-dealkylation sites (N-methyl/N-ethyl adjacent to an activating group) is 1. The molecule has 2 rings (SSSR count). The van der Waals surface area contributed by atoms with Crippen molar-refractivity contribution < 1.29 is 14.3 Å². The first kappa shape index (κ1) is 23.2. The smallest absolute Gasteiger partial charge is 0.236 e. The highest BCUT2D eigenvalue weighted by Gasteiger charge is 2.29. The summed E-state index contributed by atoms with van der Waals surface area (Å²) in [6.07, 6.45) is 1.64. The summed E-state index contributed by atoms with van der Waals surface area (Å²) >= 11 is 0. The van der Waals surface area contributed by atoms with Gasteiger partial charge in [0.25, 0.3) is 0 Å². The maximum absolute atomic E-state index is 12.5. The molecule has 0 spiro atoms. The fraction of sp³-hybridized carbons (Fsp3) is 0.652. The molecule has 0 aromatic heterocycles. The molecule has 1 fully saturated rings. The lowest BCUT2D eigenvalue weighted by atomic mass is 9.95. The predicted octanol–water partition coefficient (Wildman–Crippen LogP) is 2.72. The summed E-state index contributed by atoms with van der Waals surface area (Å²) in [5.41, 5.74) is 2.34. The quantitative estimate of drug-likeness (QED) is 0.670. The van der Waals surface area contributed by atoms with Crippen LogP contribution in [-0.4, -0.2) is 79.4 Å². The molecule has 162 valence electrons. The Labute approximate surface area is 175 Å². The molecule has 1 aliphatic rings. The number of piperidine rings is 1. The summed E-state index contributed by atoms with van der Waals surface area (Å²) in [5.74, 6) is 1.25. The third-order valence-corrected chi connectivity index (χ3v) is 5.73. The Morgan fingerprint density at radius 2 is 1.69 bits per heavy atom. The van der Waals surface area contributed by atoms with Gasteiger partial charge in [-0.25, -0.2) is 0 Å². The lowest BCUT2D eigenvalue weighted by Crippen LogP contribution is -2.46. The third-order valence-electron chi connectivity index (χ3n) is 5.73. The van der Waals surface area contributed by atoms with Gasteiger partial charge < -0.3 is 14.5 Å². The number of hydrogen-bond donors (Lipinski definition) is 0. The van der Waals surface area contributed by atoms with Crippen molar-refractivity contribution in [1.29, 1.82) is 0 Å². The number of likely N-dealkylation sites (tertiary alicyclic amines) is 1. The molecule has 1 aromatic carbocycles. The van der Waals surface area contributed by atoms with Crippen LogP contribution >= 0.6 is 0 Å². The monoisotopic (exact) mass is 403 g/mol. The van der Waals surface area contributed by atoms with Crippen molar-refractivity contribution in [3.05, 3.63) is 29.3 Å². The average molecular weight is 404 g/mol. The number of hydrogen-bond acceptors (Lipinski definition) is 4. The first-order chi connectivity index (χ1) is 13.7. The molecule has 29 heavy (non-hydrogen) atoms. The van der Waals surface area contributed by atoms with Crippen LogP contribution < -0.4 is 4.74 Å². The topological polar surface area (TPSA) is 53.1 Å². The van der Waals surface area contributed by atoms with Gasteiger partial charge in [-0.1, -0.05) is 6.07 Å². The zero-order valence-electron chi connectivity index (χ0n) is 18.9. The van der Waals surface area contributed by atoms with Crippen LogP contribution in [0.4, 0.5) is 0 Å². The maximum Gasteiger partial charge on any atom is 0.236 e. The molecule has 1 aromatic rings. The van der Waals surface area contributed by atoms with E-state index in [1.165, 1.54) is 11.1 Å². The summed E-state index contributed by atoms with van der Waals surface area (Å²) in [7, 11) is 3.69. The minimum absolute atomic E-state index is 0.0812. The molecule has 0 unspecified atom stereocenters. The molecule has 6 nitrogen and oxygen atoms in total. The normalized spacial score (nSPS) is 15.4. The molecule has 1 aliphatic heterocycles. The minimum atomic E-state index is 0.0812. The van der Waals surface area contributed by atoms with Crippen LogP contribution in [0.2, 0.25) is 0 Å². The van der Waals surface area contributed by atoms with Gasteiger partial charge in [-0.3, -0.25) is 14.5 Å². The van der Waals surface area contributed by atoms with Crippen molar-refractivity contribution in [2.45, 2.75) is 46.6 Å². The number of aryl methyl sites for hydroxylation is 2. The summed E-state index contributed by atoms with van der Waals surface area (Å²) in [6, 6.07) is 6.36. The largest absolute Gasteiger partial charge is 0.492 e. The summed E-state index contributed by atoms with van der Waals surface area (Å²) < 4.78 is 5.81. The molecule has 0 bridgehead atoms. The lowest BCUT2D eigenvalue weighted by Gasteiger charge is -2.34. The van der Waals surface area contributed by atoms with Crippen LogP contribution in [0.3, 0.4) is 0 Å². The maximum atomic E-state index is 12.5. The fourth-order valence-corrected chi connectivity index (χ4v) is 3.63. The number of ether oxygens (including phenoxy) is 1. The number of rotatable bonds is 8. The number of carbonyl (C=O) groups excluding carboxylic acids is 2. The number of carbonyl (C=O) groups is 2. The highest BCUT2D eigenvalue weighted by Crippen LogP contribution is 2.20. The predicted molar refractivity (Wildman–Crippen MR) is 116 cm³/mol. The van der Waals surface area contributed by atoms with E-state index in [9.17, 15) is 9.59 Å². The molecular formula is C23H37N3O3. The van der Waals surface area contributed by atoms with E-state index in [0.29, 0.717) is 19.7 Å². The Morgan fingerprint density at radius 1 is 1.10 bits per heavy atom. The van der Waals surface area contributed by atoms with Crippen molar-refractivity contribution >= 4 is 11.8 Å². The Hall–Kier alpha value is -2.08. The lowest BCUT2D eigenvalue weighted by molar-refractivity contribution is -0.137. The van der Waals surface area contributed by atoms with Crippen molar-refractivity contribution in [1.82, 2.24) is 14.7 Å². The van der Waals surface area contributed by atoms with Crippen LogP contribution in [0.25, 0.3) is 0 Å². The molecule has 2 amide bonds. The molecule has 0 radical (unpaired) electrons. The first-order valence-electron chi connectivity index (χ1n) is 10.6. The number of benzene rings is 1. The van der Waals surface area contributed by atoms with Gasteiger partial charge in [-0.2, -0.15) is 0 Å². The second kappa shape index (κ2) is 10.6. The number of nitrogens with zero attached hydrogens (tertiary/aromatic N) is 3. The second-order valence-electron chi connectivity index (χ2n) is 8.58. The summed E-state index contributed by atoms with van der Waals surface area (Å²) in [6.45, 7) is 11.2. The first-order valence-corrected chi connectivity index (χ1v) is 10.6. The fourth-order valence-electron chi connectivity index (χ4n) is 3.63. The average Bonchev–Trinajstić information content (AvgIpc) is 2.66. The van der Waals surface area contributed by atoms with Gasteiger partial charge >= 0.3 is 0 Å². The zero-order chi connectivity index (χ0) is 21.6. The Morgan fingerprint density at radius 3 is 2.24 bits per heavy atom. The zero-order valence-corrected chi connectivity index (χ0v) is 18.9. The molecule has 0 saturated carbocycles. The van der Waals surface area contributed by atoms with Gasteiger partial charge in [0, 0.05) is 26.1 Å². The Bertz CT molecular complexity index is 676. The SMILES string of the molecule is Cc1cc(C)cc(OCCN(C)C(=O)CN2CCC(C(=O)N(C)C(C)C)CC2)c1. The number of amides is 2. The highest BCUT2D eigenvalue weighted by atomic mass is 16.5. The van der Waals surface area contributed by atoms with Gasteiger partial charge in [-0.15, -0.1) is 0 Å². The van der Waals surface area contributed by atoms with E-state index in [1.54, 1.807) is 4.90 Å². The molecular weight excluding hydrogens is 366 g/mol. The van der Waals surface area contributed by atoms with Crippen LogP contribution in [0, 0.1) is 19.8 Å². The van der Waals surface area contributed by atoms with Crippen LogP contribution in [-0.2, 0) is 9.59 Å². The van der Waals surface area contributed by atoms with Gasteiger partial charge in [0.05, 0.1) is 13.1 Å². The molecule has 1 heterocycles. The van der Waals surface area contributed by atoms with Crippen LogP contribution in [0.5, 0.6) is 5.75 Å². The standard InChI is InChI=1S/C23H37N3O3/c1-17(2)25(6)23(28)20-7-9-26(10-8-20)16-22(27)24(5)11-12-29-21-14-18(3)13-19(4)15-21/h13-15,17,20H,7-12,16H2,1-6H3. The van der Waals surface area contributed by atoms with E-state index in [0.717, 1.165) is 31.7 Å². The summed E-state index contributed by atoms with van der Waals surface area (Å²) in [5, 5.41) is 0. The van der Waals surface area contributed by atoms with E-state index in [4.69, 9.17) is 4.74 Å². The van der Waals surface area contributed by atoms with E-state index < -0.39 is 0 Å². The molecule has 0 N–H and O–H groups in total. The van der Waals surface area contributed by atoms with E-state index in [2.05, 4.69) is 11.0 Å². The van der Waals surface area contributed by atoms with Gasteiger partial charge in [0.1, 0.15) is 12.4 Å². The van der Waals surface area contributed by atoms with Crippen molar-refractivity contribution in [3.8, 4) is 5.75 Å². The van der Waals surface area contributed by atoms with Crippen LogP contribution in [0.1, 0.15) is 37.8 Å². The van der Waals surface area contributed by atoms with Gasteiger partial charge in [0.15, 0.2) is 0 Å². The molecule has 0 aliphatic carbocycles. The van der Waals surface area contributed by atoms with E-state index in [1.807, 2.05) is 58.8 Å². The molecule has 0 atom stereocenters. The summed E-state index contributed by atoms with van der Waals surface area (Å²) in [4.78, 5) is 30.7. The second-order valence-corrected chi connectivity index (χ2v) is 8.58. The minimum Gasteiger partial charge on any atom is -0.492 e. The van der Waals surface area contributed by atoms with Crippen molar-refractivity contribution in [3.63, 3.8) is 0 Å². The third kappa shape index (κ3) is 7.03. The van der Waals surface area contributed by atoms with Crippen LogP contribution in [0.15, 0.2) is 18.2 Å². The van der Waals surface area contributed by atoms with Crippen molar-refractivity contribution in [2.24, 2.45) is 5.92 Å². The van der Waals surface area contributed by atoms with Gasteiger partial charge in [0.2, 0.25) is 11.8 Å². The van der Waals surface area contributed by atoms with Gasteiger partial charge in [-0.05, 0) is 76.9 Å². The van der Waals surface area contributed by atoms with Crippen molar-refractivity contribution in [2.75, 3.05) is 46.9 Å².